The van der Waals surface area contributed by atoms with Crippen LogP contribution in [-0.4, -0.2) is 56.0 Å². The number of phenols is 1. The third kappa shape index (κ3) is 5.64. The molecule has 1 atom stereocenters. The second-order valence-electron chi connectivity index (χ2n) is 5.82. The topological polar surface area (TPSA) is 125 Å². The van der Waals surface area contributed by atoms with Crippen LogP contribution >= 0.6 is 0 Å². The molecule has 1 aliphatic heterocycles. The number of imide groups is 1. The van der Waals surface area contributed by atoms with Crippen molar-refractivity contribution in [2.75, 3.05) is 25.6 Å². The molecule has 11 heteroatoms. The first-order valence-electron chi connectivity index (χ1n) is 7.83. The Labute approximate surface area is 150 Å². The molecule has 2 rings (SSSR count). The van der Waals surface area contributed by atoms with Gasteiger partial charge in [0.1, 0.15) is 6.54 Å². The van der Waals surface area contributed by atoms with Gasteiger partial charge in [-0.3, -0.25) is 10.1 Å². The summed E-state index contributed by atoms with van der Waals surface area (Å²) in [7, 11) is -3.77. The average Bonchev–Trinajstić information content (AvgIpc) is 2.86. The summed E-state index contributed by atoms with van der Waals surface area (Å²) in [5.41, 5.74) is 0.400. The number of benzene rings is 1. The van der Waals surface area contributed by atoms with Crippen molar-refractivity contribution in [2.45, 2.75) is 19.4 Å². The molecule has 1 heterocycles. The highest BCUT2D eigenvalue weighted by atomic mass is 32.2. The van der Waals surface area contributed by atoms with Crippen LogP contribution in [0.4, 0.5) is 9.18 Å². The van der Waals surface area contributed by atoms with Gasteiger partial charge in [-0.05, 0) is 31.0 Å². The summed E-state index contributed by atoms with van der Waals surface area (Å²) < 4.78 is 44.5. The molecule has 0 aromatic heterocycles. The van der Waals surface area contributed by atoms with Gasteiger partial charge in [0.25, 0.3) is 0 Å². The number of carbonyl (C=O) groups excluding carboxylic acids is 2. The fourth-order valence-corrected chi connectivity index (χ4v) is 3.44. The van der Waals surface area contributed by atoms with E-state index in [1.54, 1.807) is 6.92 Å². The third-order valence-electron chi connectivity index (χ3n) is 3.65. The van der Waals surface area contributed by atoms with Crippen LogP contribution in [0.5, 0.6) is 5.75 Å². The summed E-state index contributed by atoms with van der Waals surface area (Å²) in [5.74, 6) is -2.31. The summed E-state index contributed by atoms with van der Waals surface area (Å²) in [6.07, 6.45) is 0.373. The Kier molecular flexibility index (Phi) is 6.51. The van der Waals surface area contributed by atoms with E-state index in [4.69, 9.17) is 4.74 Å². The summed E-state index contributed by atoms with van der Waals surface area (Å²) in [6, 6.07) is 2.40. The fourth-order valence-electron chi connectivity index (χ4n) is 2.36. The molecule has 0 bridgehead atoms. The number of amides is 3. The SMILES string of the molecule is C[C@@H](NS(=O)(=O)COCCCN1CC(=O)NC1=O)c1ccc(F)c(O)c1. The zero-order valence-corrected chi connectivity index (χ0v) is 14.9. The van der Waals surface area contributed by atoms with Crippen LogP contribution in [-0.2, 0) is 19.6 Å². The molecule has 0 radical (unpaired) electrons. The molecule has 0 unspecified atom stereocenters. The number of sulfonamides is 1. The van der Waals surface area contributed by atoms with Gasteiger partial charge < -0.3 is 14.7 Å². The molecular formula is C15H20FN3O6S. The Bertz CT molecular complexity index is 786. The highest BCUT2D eigenvalue weighted by Crippen LogP contribution is 2.21. The molecule has 26 heavy (non-hydrogen) atoms. The quantitative estimate of drug-likeness (QED) is 0.415. The van der Waals surface area contributed by atoms with Gasteiger partial charge in [0.05, 0.1) is 0 Å². The van der Waals surface area contributed by atoms with Gasteiger partial charge in [-0.25, -0.2) is 22.3 Å². The molecule has 1 aromatic rings. The van der Waals surface area contributed by atoms with Crippen molar-refractivity contribution in [3.63, 3.8) is 0 Å². The molecule has 0 saturated carbocycles. The number of hydrogen-bond donors (Lipinski definition) is 3. The van der Waals surface area contributed by atoms with E-state index in [9.17, 15) is 27.5 Å². The summed E-state index contributed by atoms with van der Waals surface area (Å²) in [4.78, 5) is 23.6. The number of carbonyl (C=O) groups is 2. The molecule has 9 nitrogen and oxygen atoms in total. The van der Waals surface area contributed by atoms with E-state index >= 15 is 0 Å². The van der Waals surface area contributed by atoms with Crippen LogP contribution in [0.15, 0.2) is 18.2 Å². The van der Waals surface area contributed by atoms with Crippen LogP contribution in [0.3, 0.4) is 0 Å². The van der Waals surface area contributed by atoms with Crippen LogP contribution in [0.2, 0.25) is 0 Å². The number of rotatable bonds is 9. The standard InChI is InChI=1S/C15H20FN3O6S/c1-10(11-3-4-12(16)13(20)7-11)18-26(23,24)9-25-6-2-5-19-8-14(21)17-15(19)22/h3-4,7,10,18,20H,2,5-6,8-9H2,1H3,(H,17,21,22)/t10-/m1/s1. The number of halogens is 1. The zero-order chi connectivity index (χ0) is 19.3. The van der Waals surface area contributed by atoms with Crippen molar-refractivity contribution in [2.24, 2.45) is 0 Å². The van der Waals surface area contributed by atoms with Crippen LogP contribution in [0.1, 0.15) is 24.9 Å². The fraction of sp³-hybridized carbons (Fsp3) is 0.467. The first-order valence-corrected chi connectivity index (χ1v) is 9.48. The lowest BCUT2D eigenvalue weighted by molar-refractivity contribution is -0.118. The number of nitrogens with zero attached hydrogens (tertiary/aromatic N) is 1. The highest BCUT2D eigenvalue weighted by molar-refractivity contribution is 7.89. The van der Waals surface area contributed by atoms with Crippen molar-refractivity contribution < 1.29 is 32.2 Å². The Morgan fingerprint density at radius 1 is 1.42 bits per heavy atom. The monoisotopic (exact) mass is 389 g/mol. The molecule has 0 aliphatic carbocycles. The third-order valence-corrected chi connectivity index (χ3v) is 4.84. The molecular weight excluding hydrogens is 369 g/mol. The average molecular weight is 389 g/mol. The molecule has 1 saturated heterocycles. The summed E-state index contributed by atoms with van der Waals surface area (Å²) in [5, 5.41) is 11.5. The normalized spacial score (nSPS) is 16.0. The molecule has 1 aliphatic rings. The second kappa shape index (κ2) is 8.43. The molecule has 144 valence electrons. The molecule has 0 spiro atoms. The van der Waals surface area contributed by atoms with E-state index in [-0.39, 0.29) is 25.6 Å². The van der Waals surface area contributed by atoms with E-state index in [2.05, 4.69) is 10.0 Å². The van der Waals surface area contributed by atoms with Crippen LogP contribution in [0.25, 0.3) is 0 Å². The summed E-state index contributed by atoms with van der Waals surface area (Å²) >= 11 is 0. The van der Waals surface area contributed by atoms with Crippen LogP contribution in [0, 0.1) is 5.82 Å². The predicted octanol–water partition coefficient (Wildman–Crippen LogP) is 0.428. The van der Waals surface area contributed by atoms with Crippen molar-refractivity contribution in [3.05, 3.63) is 29.6 Å². The Hall–Kier alpha value is -2.24. The number of nitrogens with one attached hydrogen (secondary N) is 2. The van der Waals surface area contributed by atoms with E-state index in [1.807, 2.05) is 0 Å². The summed E-state index contributed by atoms with van der Waals surface area (Å²) in [6.45, 7) is 1.90. The van der Waals surface area contributed by atoms with E-state index < -0.39 is 39.6 Å². The smallest absolute Gasteiger partial charge is 0.324 e. The Morgan fingerprint density at radius 2 is 2.15 bits per heavy atom. The van der Waals surface area contributed by atoms with E-state index in [1.165, 1.54) is 11.0 Å². The molecule has 3 amide bonds. The van der Waals surface area contributed by atoms with Crippen molar-refractivity contribution in [3.8, 4) is 5.75 Å². The van der Waals surface area contributed by atoms with Crippen molar-refractivity contribution in [1.29, 1.82) is 0 Å². The first-order chi connectivity index (χ1) is 12.2. The number of urea groups is 1. The van der Waals surface area contributed by atoms with Gasteiger partial charge in [-0.15, -0.1) is 0 Å². The lowest BCUT2D eigenvalue weighted by Crippen LogP contribution is -2.31. The number of hydrogen-bond acceptors (Lipinski definition) is 6. The van der Waals surface area contributed by atoms with Crippen molar-refractivity contribution in [1.82, 2.24) is 14.9 Å². The van der Waals surface area contributed by atoms with Gasteiger partial charge in [-0.1, -0.05) is 6.07 Å². The predicted molar refractivity (Wildman–Crippen MR) is 89.1 cm³/mol. The highest BCUT2D eigenvalue weighted by Gasteiger charge is 2.25. The number of ether oxygens (including phenoxy) is 1. The van der Waals surface area contributed by atoms with Crippen molar-refractivity contribution >= 4 is 22.0 Å². The van der Waals surface area contributed by atoms with E-state index in [0.717, 1.165) is 12.1 Å². The second-order valence-corrected chi connectivity index (χ2v) is 7.52. The van der Waals surface area contributed by atoms with Gasteiger partial charge in [0, 0.05) is 19.2 Å². The Balaban J connectivity index is 1.73. The Morgan fingerprint density at radius 3 is 2.77 bits per heavy atom. The maximum absolute atomic E-state index is 13.0. The van der Waals surface area contributed by atoms with Gasteiger partial charge in [0.15, 0.2) is 17.5 Å². The molecule has 3 N–H and O–H groups in total. The van der Waals surface area contributed by atoms with Gasteiger partial charge in [-0.2, -0.15) is 0 Å². The lowest BCUT2D eigenvalue weighted by Gasteiger charge is -2.16. The van der Waals surface area contributed by atoms with Gasteiger partial charge >= 0.3 is 6.03 Å². The van der Waals surface area contributed by atoms with Gasteiger partial charge in [0.2, 0.25) is 15.9 Å². The molecule has 1 fully saturated rings. The maximum atomic E-state index is 13.0. The maximum Gasteiger partial charge on any atom is 0.324 e. The largest absolute Gasteiger partial charge is 0.505 e. The lowest BCUT2D eigenvalue weighted by atomic mass is 10.1. The minimum atomic E-state index is -3.77. The number of phenolic OH excluding ortho intramolecular Hbond substituents is 1. The minimum Gasteiger partial charge on any atom is -0.505 e. The van der Waals surface area contributed by atoms with E-state index in [0.29, 0.717) is 12.0 Å². The first kappa shape index (κ1) is 20.1. The molecule has 1 aromatic carbocycles. The number of aromatic hydroxyl groups is 1. The van der Waals surface area contributed by atoms with Crippen LogP contribution < -0.4 is 10.0 Å². The minimum absolute atomic E-state index is 0.0132. The zero-order valence-electron chi connectivity index (χ0n) is 14.1.